The molecule has 0 bridgehead atoms. The summed E-state index contributed by atoms with van der Waals surface area (Å²) in [5.74, 6) is -0.231. The van der Waals surface area contributed by atoms with Crippen LogP contribution in [0, 0.1) is 5.82 Å². The van der Waals surface area contributed by atoms with Crippen LogP contribution in [0.15, 0.2) is 18.2 Å². The first-order valence-electron chi connectivity index (χ1n) is 6.04. The Labute approximate surface area is 109 Å². The summed E-state index contributed by atoms with van der Waals surface area (Å²) in [6, 6.07) is 5.46. The lowest BCUT2D eigenvalue weighted by Gasteiger charge is -2.21. The molecule has 0 aliphatic heterocycles. The lowest BCUT2D eigenvalue weighted by molar-refractivity contribution is 0.274. The minimum absolute atomic E-state index is 0.0360. The molecule has 1 atom stereocenters. The number of halogens is 1. The van der Waals surface area contributed by atoms with Gasteiger partial charge < -0.3 is 9.67 Å². The zero-order valence-electron chi connectivity index (χ0n) is 11.0. The number of hydrogen-bond donors (Lipinski definition) is 1. The topological polar surface area (TPSA) is 25.2 Å². The van der Waals surface area contributed by atoms with Crippen LogP contribution in [0.1, 0.15) is 26.5 Å². The normalized spacial score (nSPS) is 12.3. The molecule has 1 heterocycles. The minimum Gasteiger partial charge on any atom is -0.395 e. The first kappa shape index (κ1) is 13.5. The van der Waals surface area contributed by atoms with Crippen LogP contribution in [0.2, 0.25) is 0 Å². The van der Waals surface area contributed by atoms with Gasteiger partial charge in [0.15, 0.2) is 0 Å². The molecule has 0 radical (unpaired) electrons. The Kier molecular flexibility index (Phi) is 3.48. The Morgan fingerprint density at radius 3 is 2.50 bits per heavy atom. The monoisotopic (exact) mass is 267 g/mol. The van der Waals surface area contributed by atoms with Crippen molar-refractivity contribution in [3.8, 4) is 0 Å². The molecule has 18 heavy (non-hydrogen) atoms. The summed E-state index contributed by atoms with van der Waals surface area (Å²) in [6.45, 7) is 6.90. The first-order valence-corrected chi connectivity index (χ1v) is 6.62. The van der Waals surface area contributed by atoms with Gasteiger partial charge in [0.2, 0.25) is 0 Å². The zero-order chi connectivity index (χ0) is 13.5. The average molecular weight is 267 g/mol. The van der Waals surface area contributed by atoms with Crippen molar-refractivity contribution >= 4 is 25.4 Å². The van der Waals surface area contributed by atoms with Crippen LogP contribution in [0.3, 0.4) is 0 Å². The van der Waals surface area contributed by atoms with E-state index in [-0.39, 0.29) is 17.8 Å². The van der Waals surface area contributed by atoms with Gasteiger partial charge in [0, 0.05) is 28.3 Å². The van der Waals surface area contributed by atoms with Crippen molar-refractivity contribution in [1.82, 2.24) is 4.57 Å². The number of aliphatic hydroxyl groups excluding tert-OH is 1. The molecule has 0 saturated carbocycles. The lowest BCUT2D eigenvalue weighted by Crippen LogP contribution is -2.18. The molecule has 0 amide bonds. The SMILES string of the molecule is CC(C)(C)c1cc2cc(P)c(F)cc2n1CCO. The van der Waals surface area contributed by atoms with Crippen molar-refractivity contribution in [2.24, 2.45) is 0 Å². The number of nitrogens with zero attached hydrogens (tertiary/aromatic N) is 1. The highest BCUT2D eigenvalue weighted by Gasteiger charge is 2.21. The molecule has 1 unspecified atom stereocenters. The van der Waals surface area contributed by atoms with Gasteiger partial charge in [0.25, 0.3) is 0 Å². The molecule has 0 aliphatic carbocycles. The second-order valence-electron chi connectivity index (χ2n) is 5.59. The third kappa shape index (κ3) is 2.30. The van der Waals surface area contributed by atoms with Gasteiger partial charge in [-0.1, -0.05) is 20.8 Å². The molecular formula is C14H19FNOP. The number of fused-ring (bicyclic) bond motifs is 1. The van der Waals surface area contributed by atoms with Crippen LogP contribution in [0.4, 0.5) is 4.39 Å². The fourth-order valence-corrected chi connectivity index (χ4v) is 2.53. The van der Waals surface area contributed by atoms with E-state index in [1.54, 1.807) is 6.07 Å². The van der Waals surface area contributed by atoms with E-state index >= 15 is 0 Å². The molecule has 0 saturated heterocycles. The van der Waals surface area contributed by atoms with Crippen LogP contribution in [0.5, 0.6) is 0 Å². The number of aliphatic hydroxyl groups is 1. The van der Waals surface area contributed by atoms with Crippen LogP contribution in [-0.4, -0.2) is 16.3 Å². The molecule has 1 aromatic carbocycles. The Hall–Kier alpha value is -0.920. The summed E-state index contributed by atoms with van der Waals surface area (Å²) in [6.07, 6.45) is 0. The Balaban J connectivity index is 2.75. The van der Waals surface area contributed by atoms with Gasteiger partial charge in [0.1, 0.15) is 5.82 Å². The fourth-order valence-electron chi connectivity index (χ4n) is 2.26. The highest BCUT2D eigenvalue weighted by Crippen LogP contribution is 2.29. The van der Waals surface area contributed by atoms with Crippen molar-refractivity contribution in [3.05, 3.63) is 29.7 Å². The van der Waals surface area contributed by atoms with Gasteiger partial charge in [-0.25, -0.2) is 4.39 Å². The molecular weight excluding hydrogens is 248 g/mol. The van der Waals surface area contributed by atoms with Crippen molar-refractivity contribution in [3.63, 3.8) is 0 Å². The smallest absolute Gasteiger partial charge is 0.132 e. The van der Waals surface area contributed by atoms with Crippen molar-refractivity contribution in [1.29, 1.82) is 0 Å². The van der Waals surface area contributed by atoms with Gasteiger partial charge in [-0.2, -0.15) is 0 Å². The van der Waals surface area contributed by atoms with E-state index in [2.05, 4.69) is 36.1 Å². The third-order valence-corrected chi connectivity index (χ3v) is 3.55. The Morgan fingerprint density at radius 2 is 1.94 bits per heavy atom. The van der Waals surface area contributed by atoms with Gasteiger partial charge in [-0.15, -0.1) is 9.24 Å². The lowest BCUT2D eigenvalue weighted by atomic mass is 9.92. The van der Waals surface area contributed by atoms with Crippen molar-refractivity contribution < 1.29 is 9.50 Å². The summed E-state index contributed by atoms with van der Waals surface area (Å²) in [5.41, 5.74) is 1.92. The molecule has 1 aromatic heterocycles. The molecule has 4 heteroatoms. The Morgan fingerprint density at radius 1 is 1.28 bits per heavy atom. The first-order chi connectivity index (χ1) is 8.34. The second-order valence-corrected chi connectivity index (χ2v) is 6.21. The second kappa shape index (κ2) is 4.64. The van der Waals surface area contributed by atoms with E-state index in [1.165, 1.54) is 0 Å². The standard InChI is InChI=1S/C14H19FNOP/c1-14(2,3)13-7-9-6-12(18)10(15)8-11(9)16(13)4-5-17/h6-8,17H,4-5,18H2,1-3H3. The number of benzene rings is 1. The summed E-state index contributed by atoms with van der Waals surface area (Å²) in [7, 11) is 2.41. The number of aromatic nitrogens is 1. The molecule has 2 nitrogen and oxygen atoms in total. The van der Waals surface area contributed by atoms with E-state index in [0.29, 0.717) is 11.8 Å². The predicted octanol–water partition coefficient (Wildman–Crippen LogP) is 2.57. The van der Waals surface area contributed by atoms with E-state index in [0.717, 1.165) is 16.6 Å². The zero-order valence-corrected chi connectivity index (χ0v) is 12.2. The average Bonchev–Trinajstić information content (AvgIpc) is 2.58. The summed E-state index contributed by atoms with van der Waals surface area (Å²) in [4.78, 5) is 0. The molecule has 2 aromatic rings. The molecule has 0 aliphatic rings. The minimum atomic E-state index is -0.231. The van der Waals surface area contributed by atoms with Crippen molar-refractivity contribution in [2.45, 2.75) is 32.7 Å². The van der Waals surface area contributed by atoms with Gasteiger partial charge in [0.05, 0.1) is 12.1 Å². The van der Waals surface area contributed by atoms with Crippen LogP contribution >= 0.6 is 9.24 Å². The molecule has 0 spiro atoms. The highest BCUT2D eigenvalue weighted by atomic mass is 31.0. The molecule has 98 valence electrons. The van der Waals surface area contributed by atoms with Gasteiger partial charge >= 0.3 is 0 Å². The Bertz CT molecular complexity index is 583. The van der Waals surface area contributed by atoms with E-state index in [9.17, 15) is 9.50 Å². The summed E-state index contributed by atoms with van der Waals surface area (Å²) >= 11 is 0. The van der Waals surface area contributed by atoms with Crippen LogP contribution in [-0.2, 0) is 12.0 Å². The quantitative estimate of drug-likeness (QED) is 0.831. The van der Waals surface area contributed by atoms with Crippen molar-refractivity contribution in [2.75, 3.05) is 6.61 Å². The highest BCUT2D eigenvalue weighted by molar-refractivity contribution is 7.27. The van der Waals surface area contributed by atoms with E-state index < -0.39 is 0 Å². The third-order valence-electron chi connectivity index (χ3n) is 3.11. The fraction of sp³-hybridized carbons (Fsp3) is 0.429. The van der Waals surface area contributed by atoms with E-state index in [4.69, 9.17) is 0 Å². The molecule has 2 rings (SSSR count). The van der Waals surface area contributed by atoms with Crippen LogP contribution < -0.4 is 5.30 Å². The van der Waals surface area contributed by atoms with Gasteiger partial charge in [-0.05, 0) is 18.2 Å². The van der Waals surface area contributed by atoms with Crippen LogP contribution in [0.25, 0.3) is 10.9 Å². The number of hydrogen-bond acceptors (Lipinski definition) is 1. The largest absolute Gasteiger partial charge is 0.395 e. The van der Waals surface area contributed by atoms with Gasteiger partial charge in [-0.3, -0.25) is 0 Å². The maximum atomic E-state index is 13.7. The maximum absolute atomic E-state index is 13.7. The molecule has 0 fully saturated rings. The molecule has 1 N–H and O–H groups in total. The maximum Gasteiger partial charge on any atom is 0.132 e. The number of rotatable bonds is 2. The summed E-state index contributed by atoms with van der Waals surface area (Å²) < 4.78 is 15.7. The predicted molar refractivity (Wildman–Crippen MR) is 77.0 cm³/mol. The summed E-state index contributed by atoms with van der Waals surface area (Å²) in [5, 5.41) is 10.8. The van der Waals surface area contributed by atoms with E-state index in [1.807, 2.05) is 10.6 Å².